The van der Waals surface area contributed by atoms with E-state index in [1.807, 2.05) is 0 Å². The first-order valence-electron chi connectivity index (χ1n) is 3.53. The van der Waals surface area contributed by atoms with Crippen LogP contribution in [0.4, 0.5) is 0 Å². The zero-order valence-corrected chi connectivity index (χ0v) is 8.14. The number of nitriles is 1. The van der Waals surface area contributed by atoms with Crippen LogP contribution >= 0.6 is 15.9 Å². The van der Waals surface area contributed by atoms with Gasteiger partial charge in [-0.2, -0.15) is 5.26 Å². The third-order valence-electron chi connectivity index (χ3n) is 1.47. The fraction of sp³-hybridized carbons (Fsp3) is 0.250. The van der Waals surface area contributed by atoms with E-state index in [1.54, 1.807) is 12.1 Å². The smallest absolute Gasteiger partial charge is 0.171 e. The average molecular weight is 243 g/mol. The third-order valence-corrected chi connectivity index (χ3v) is 1.91. The van der Waals surface area contributed by atoms with Gasteiger partial charge in [-0.25, -0.2) is 4.98 Å². The van der Waals surface area contributed by atoms with E-state index in [4.69, 9.17) is 10.4 Å². The predicted molar refractivity (Wildman–Crippen MR) is 48.5 cm³/mol. The summed E-state index contributed by atoms with van der Waals surface area (Å²) >= 11 is 3.11. The molecule has 4 nitrogen and oxygen atoms in total. The van der Waals surface area contributed by atoms with Gasteiger partial charge in [-0.05, 0) is 28.1 Å². The molecule has 0 amide bonds. The van der Waals surface area contributed by atoms with Crippen molar-refractivity contribution in [3.63, 3.8) is 0 Å². The Balaban J connectivity index is 2.90. The van der Waals surface area contributed by atoms with Crippen LogP contribution in [0.5, 0.6) is 0 Å². The van der Waals surface area contributed by atoms with E-state index in [9.17, 15) is 5.11 Å². The van der Waals surface area contributed by atoms with Gasteiger partial charge in [0.25, 0.3) is 0 Å². The first kappa shape index (κ1) is 10.1. The Morgan fingerprint density at radius 3 is 2.69 bits per heavy atom. The second kappa shape index (κ2) is 4.33. The number of aliphatic hydroxyl groups is 2. The summed E-state index contributed by atoms with van der Waals surface area (Å²) in [6, 6.07) is 6.43. The van der Waals surface area contributed by atoms with Gasteiger partial charge in [-0.15, -0.1) is 0 Å². The van der Waals surface area contributed by atoms with E-state index in [0.29, 0.717) is 4.60 Å². The highest BCUT2D eigenvalue weighted by atomic mass is 79.9. The van der Waals surface area contributed by atoms with E-state index in [0.717, 1.165) is 0 Å². The zero-order chi connectivity index (χ0) is 9.84. The lowest BCUT2D eigenvalue weighted by atomic mass is 10.1. The van der Waals surface area contributed by atoms with E-state index >= 15 is 0 Å². The molecule has 1 aromatic rings. The van der Waals surface area contributed by atoms with Crippen LogP contribution in [0.1, 0.15) is 11.8 Å². The molecule has 0 saturated carbocycles. The normalized spacial score (nSPS) is 14.6. The fourth-order valence-electron chi connectivity index (χ4n) is 0.821. The lowest BCUT2D eigenvalue weighted by Crippen LogP contribution is -2.16. The fourth-order valence-corrected chi connectivity index (χ4v) is 1.18. The molecule has 0 aliphatic carbocycles. The minimum Gasteiger partial charge on any atom is -0.383 e. The molecule has 68 valence electrons. The van der Waals surface area contributed by atoms with Crippen molar-refractivity contribution in [2.45, 2.75) is 12.2 Å². The summed E-state index contributed by atoms with van der Waals surface area (Å²) in [4.78, 5) is 3.90. The number of aromatic nitrogens is 1. The summed E-state index contributed by atoms with van der Waals surface area (Å²) in [5.41, 5.74) is 0.267. The molecule has 0 spiro atoms. The van der Waals surface area contributed by atoms with Gasteiger partial charge in [-0.3, -0.25) is 0 Å². The molecule has 1 heterocycles. The standard InChI is InChI=1S/C8H7BrN2O2/c9-7-3-1-2-5(11-7)8(13)6(12)4-10/h1-3,6,8,12-13H. The molecule has 0 fully saturated rings. The Morgan fingerprint density at radius 2 is 2.15 bits per heavy atom. The van der Waals surface area contributed by atoms with Crippen LogP contribution in [0.15, 0.2) is 22.8 Å². The van der Waals surface area contributed by atoms with Crippen LogP contribution in [0, 0.1) is 11.3 Å². The van der Waals surface area contributed by atoms with Crippen LogP contribution in [0.25, 0.3) is 0 Å². The molecule has 0 bridgehead atoms. The molecular weight excluding hydrogens is 236 g/mol. The molecule has 2 unspecified atom stereocenters. The largest absolute Gasteiger partial charge is 0.383 e. The number of rotatable bonds is 2. The molecule has 0 saturated heterocycles. The Bertz CT molecular complexity index is 337. The molecule has 2 N–H and O–H groups in total. The maximum absolute atomic E-state index is 9.36. The Hall–Kier alpha value is -0.960. The van der Waals surface area contributed by atoms with Crippen LogP contribution < -0.4 is 0 Å². The highest BCUT2D eigenvalue weighted by molar-refractivity contribution is 9.10. The highest BCUT2D eigenvalue weighted by Gasteiger charge is 2.18. The second-order valence-corrected chi connectivity index (χ2v) is 3.22. The van der Waals surface area contributed by atoms with E-state index in [2.05, 4.69) is 20.9 Å². The summed E-state index contributed by atoms with van der Waals surface area (Å²) in [5, 5.41) is 26.7. The van der Waals surface area contributed by atoms with E-state index in [-0.39, 0.29) is 5.69 Å². The lowest BCUT2D eigenvalue weighted by molar-refractivity contribution is 0.0498. The molecule has 1 aromatic heterocycles. The first-order valence-corrected chi connectivity index (χ1v) is 4.32. The topological polar surface area (TPSA) is 77.1 Å². The molecule has 0 radical (unpaired) electrons. The number of pyridine rings is 1. The van der Waals surface area contributed by atoms with E-state index < -0.39 is 12.2 Å². The summed E-state index contributed by atoms with van der Waals surface area (Å²) < 4.78 is 0.550. The molecule has 0 aliphatic rings. The maximum atomic E-state index is 9.36. The molecule has 1 rings (SSSR count). The molecule has 5 heteroatoms. The predicted octanol–water partition coefficient (Wildman–Crippen LogP) is 0.762. The van der Waals surface area contributed by atoms with Gasteiger partial charge in [-0.1, -0.05) is 6.07 Å². The Kier molecular flexibility index (Phi) is 3.37. The minimum atomic E-state index is -1.44. The van der Waals surface area contributed by atoms with Crippen LogP contribution in [-0.4, -0.2) is 21.3 Å². The van der Waals surface area contributed by atoms with Crippen LogP contribution in [0.3, 0.4) is 0 Å². The monoisotopic (exact) mass is 242 g/mol. The number of hydrogen-bond acceptors (Lipinski definition) is 4. The SMILES string of the molecule is N#CC(O)C(O)c1cccc(Br)n1. The molecule has 2 atom stereocenters. The lowest BCUT2D eigenvalue weighted by Gasteiger charge is -2.10. The maximum Gasteiger partial charge on any atom is 0.171 e. The van der Waals surface area contributed by atoms with Crippen molar-refractivity contribution in [1.29, 1.82) is 5.26 Å². The van der Waals surface area contributed by atoms with Gasteiger partial charge in [0.2, 0.25) is 0 Å². The van der Waals surface area contributed by atoms with Crippen molar-refractivity contribution in [2.24, 2.45) is 0 Å². The first-order chi connectivity index (χ1) is 6.15. The van der Waals surface area contributed by atoms with Crippen molar-refractivity contribution in [1.82, 2.24) is 4.98 Å². The Labute approximate surface area is 83.6 Å². The third kappa shape index (κ3) is 2.49. The minimum absolute atomic E-state index is 0.267. The molecular formula is C8H7BrN2O2. The van der Waals surface area contributed by atoms with Crippen molar-refractivity contribution in [3.05, 3.63) is 28.5 Å². The van der Waals surface area contributed by atoms with Crippen molar-refractivity contribution in [3.8, 4) is 6.07 Å². The van der Waals surface area contributed by atoms with Gasteiger partial charge < -0.3 is 10.2 Å². The van der Waals surface area contributed by atoms with Crippen molar-refractivity contribution >= 4 is 15.9 Å². The molecule has 0 aliphatic heterocycles. The van der Waals surface area contributed by atoms with Gasteiger partial charge in [0.15, 0.2) is 6.10 Å². The number of halogens is 1. The van der Waals surface area contributed by atoms with Gasteiger partial charge >= 0.3 is 0 Å². The van der Waals surface area contributed by atoms with Crippen molar-refractivity contribution in [2.75, 3.05) is 0 Å². The number of nitrogens with zero attached hydrogens (tertiary/aromatic N) is 2. The van der Waals surface area contributed by atoms with E-state index in [1.165, 1.54) is 12.1 Å². The summed E-state index contributed by atoms with van der Waals surface area (Å²) in [5.74, 6) is 0. The zero-order valence-electron chi connectivity index (χ0n) is 6.55. The average Bonchev–Trinajstić information content (AvgIpc) is 2.15. The second-order valence-electron chi connectivity index (χ2n) is 2.40. The van der Waals surface area contributed by atoms with Gasteiger partial charge in [0.05, 0.1) is 11.8 Å². The quantitative estimate of drug-likeness (QED) is 0.593. The van der Waals surface area contributed by atoms with Crippen molar-refractivity contribution < 1.29 is 10.2 Å². The summed E-state index contributed by atoms with van der Waals surface area (Å²) in [6.45, 7) is 0. The molecule has 0 aromatic carbocycles. The van der Waals surface area contributed by atoms with Crippen LogP contribution in [-0.2, 0) is 0 Å². The highest BCUT2D eigenvalue weighted by Crippen LogP contribution is 2.16. The van der Waals surface area contributed by atoms with Crippen LogP contribution in [0.2, 0.25) is 0 Å². The van der Waals surface area contributed by atoms with Gasteiger partial charge in [0, 0.05) is 0 Å². The summed E-state index contributed by atoms with van der Waals surface area (Å²) in [7, 11) is 0. The summed E-state index contributed by atoms with van der Waals surface area (Å²) in [6.07, 6.45) is -2.70. The number of hydrogen-bond donors (Lipinski definition) is 2. The van der Waals surface area contributed by atoms with Gasteiger partial charge in [0.1, 0.15) is 10.7 Å². The number of aliphatic hydroxyl groups excluding tert-OH is 2. The Morgan fingerprint density at radius 1 is 1.46 bits per heavy atom. The molecule has 13 heavy (non-hydrogen) atoms.